The van der Waals surface area contributed by atoms with E-state index in [0.717, 1.165) is 19.4 Å². The first-order valence-electron chi connectivity index (χ1n) is 6.75. The minimum absolute atomic E-state index is 0.0610. The van der Waals surface area contributed by atoms with E-state index in [1.807, 2.05) is 0 Å². The summed E-state index contributed by atoms with van der Waals surface area (Å²) in [6.07, 6.45) is 2.58. The van der Waals surface area contributed by atoms with E-state index in [0.29, 0.717) is 6.54 Å². The zero-order chi connectivity index (χ0) is 14.0. The summed E-state index contributed by atoms with van der Waals surface area (Å²) >= 11 is 5.26. The lowest BCUT2D eigenvalue weighted by molar-refractivity contribution is -0.0993. The Balaban J connectivity index is 2.11. The Morgan fingerprint density at radius 3 is 2.58 bits per heavy atom. The first kappa shape index (κ1) is 15.4. The third-order valence-corrected chi connectivity index (χ3v) is 5.58. The number of hydrogen-bond donors (Lipinski definition) is 1. The van der Waals surface area contributed by atoms with E-state index in [9.17, 15) is 0 Å². The predicted molar refractivity (Wildman–Crippen MR) is 84.5 cm³/mol. The van der Waals surface area contributed by atoms with Crippen molar-refractivity contribution in [3.63, 3.8) is 0 Å². The molecule has 3 nitrogen and oxygen atoms in total. The summed E-state index contributed by atoms with van der Waals surface area (Å²) in [5.74, 6) is 0. The van der Waals surface area contributed by atoms with Crippen molar-refractivity contribution in [2.45, 2.75) is 51.0 Å². The van der Waals surface area contributed by atoms with Gasteiger partial charge < -0.3 is 10.5 Å². The highest BCUT2D eigenvalue weighted by atomic mass is 79.9. The molecule has 0 aromatic carbocycles. The molecule has 0 amide bonds. The average Bonchev–Trinajstić information content (AvgIpc) is 2.73. The van der Waals surface area contributed by atoms with Crippen LogP contribution >= 0.6 is 27.3 Å². The molecule has 0 saturated carbocycles. The second kappa shape index (κ2) is 6.22. The van der Waals surface area contributed by atoms with Crippen LogP contribution in [0, 0.1) is 0 Å². The fourth-order valence-electron chi connectivity index (χ4n) is 3.15. The number of nitrogens with two attached hydrogens (primary N) is 1. The van der Waals surface area contributed by atoms with Crippen LogP contribution < -0.4 is 5.73 Å². The summed E-state index contributed by atoms with van der Waals surface area (Å²) in [5, 5.41) is 2.21. The Bertz CT molecular complexity index is 413. The van der Waals surface area contributed by atoms with Crippen LogP contribution in [-0.2, 0) is 11.3 Å². The Labute approximate surface area is 128 Å². The number of hydrogen-bond acceptors (Lipinski definition) is 4. The van der Waals surface area contributed by atoms with Gasteiger partial charge in [0.05, 0.1) is 16.0 Å². The summed E-state index contributed by atoms with van der Waals surface area (Å²) in [4.78, 5) is 2.41. The van der Waals surface area contributed by atoms with E-state index in [2.05, 4.69) is 53.2 Å². The number of nitrogens with zero attached hydrogens (tertiary/aromatic N) is 1. The van der Waals surface area contributed by atoms with E-state index in [1.165, 1.54) is 9.35 Å². The monoisotopic (exact) mass is 346 g/mol. The SMILES string of the molecule is CC1CC(CN)(N(C)Cc2csc(Br)c2)CC(C)O1. The van der Waals surface area contributed by atoms with Gasteiger partial charge in [-0.1, -0.05) is 0 Å². The van der Waals surface area contributed by atoms with E-state index in [4.69, 9.17) is 10.5 Å². The smallest absolute Gasteiger partial charge is 0.0701 e. The zero-order valence-electron chi connectivity index (χ0n) is 11.9. The fraction of sp³-hybridized carbons (Fsp3) is 0.714. The summed E-state index contributed by atoms with van der Waals surface area (Å²) in [6.45, 7) is 5.93. The Morgan fingerprint density at radius 1 is 1.47 bits per heavy atom. The maximum Gasteiger partial charge on any atom is 0.0701 e. The van der Waals surface area contributed by atoms with Crippen molar-refractivity contribution in [2.75, 3.05) is 13.6 Å². The predicted octanol–water partition coefficient (Wildman–Crippen LogP) is 3.23. The first-order valence-corrected chi connectivity index (χ1v) is 8.42. The molecule has 1 aromatic rings. The average molecular weight is 347 g/mol. The highest BCUT2D eigenvalue weighted by Gasteiger charge is 2.40. The molecule has 1 saturated heterocycles. The van der Waals surface area contributed by atoms with Gasteiger partial charge in [-0.3, -0.25) is 4.90 Å². The van der Waals surface area contributed by atoms with Gasteiger partial charge in [-0.25, -0.2) is 0 Å². The Hall–Kier alpha value is 0.0600. The first-order chi connectivity index (χ1) is 8.95. The maximum absolute atomic E-state index is 6.12. The van der Waals surface area contributed by atoms with Crippen LogP contribution in [0.3, 0.4) is 0 Å². The quantitative estimate of drug-likeness (QED) is 0.909. The van der Waals surface area contributed by atoms with Crippen LogP contribution in [0.4, 0.5) is 0 Å². The van der Waals surface area contributed by atoms with E-state index >= 15 is 0 Å². The molecule has 2 unspecified atom stereocenters. The largest absolute Gasteiger partial charge is 0.375 e. The van der Waals surface area contributed by atoms with Crippen LogP contribution in [0.1, 0.15) is 32.3 Å². The molecule has 19 heavy (non-hydrogen) atoms. The summed E-state index contributed by atoms with van der Waals surface area (Å²) in [7, 11) is 2.18. The van der Waals surface area contributed by atoms with Crippen molar-refractivity contribution in [2.24, 2.45) is 5.73 Å². The molecular formula is C14H23BrN2OS. The summed E-state index contributed by atoms with van der Waals surface area (Å²) in [5.41, 5.74) is 7.53. The molecule has 1 fully saturated rings. The molecule has 0 radical (unpaired) electrons. The fourth-order valence-corrected chi connectivity index (χ4v) is 4.35. The standard InChI is InChI=1S/C14H23BrN2OS/c1-10-5-14(9-16,6-11(2)18-10)17(3)7-12-4-13(15)19-8-12/h4,8,10-11H,5-7,9,16H2,1-3H3. The molecule has 5 heteroatoms. The molecule has 1 aliphatic rings. The van der Waals surface area contributed by atoms with Gasteiger partial charge in [0.2, 0.25) is 0 Å². The molecule has 1 aliphatic heterocycles. The van der Waals surface area contributed by atoms with Crippen LogP contribution in [-0.4, -0.2) is 36.2 Å². The van der Waals surface area contributed by atoms with Crippen molar-refractivity contribution < 1.29 is 4.74 Å². The van der Waals surface area contributed by atoms with Crippen LogP contribution in [0.15, 0.2) is 15.2 Å². The minimum Gasteiger partial charge on any atom is -0.375 e. The van der Waals surface area contributed by atoms with Crippen LogP contribution in [0.25, 0.3) is 0 Å². The van der Waals surface area contributed by atoms with Crippen molar-refractivity contribution >= 4 is 27.3 Å². The molecule has 2 atom stereocenters. The van der Waals surface area contributed by atoms with Crippen molar-refractivity contribution in [1.82, 2.24) is 4.90 Å². The zero-order valence-corrected chi connectivity index (χ0v) is 14.3. The van der Waals surface area contributed by atoms with Gasteiger partial charge in [-0.05, 0) is 66.7 Å². The molecule has 2 N–H and O–H groups in total. The third kappa shape index (κ3) is 3.58. The second-order valence-electron chi connectivity index (χ2n) is 5.71. The van der Waals surface area contributed by atoms with Gasteiger partial charge in [0.1, 0.15) is 0 Å². The second-order valence-corrected chi connectivity index (χ2v) is 8.00. The molecule has 108 valence electrons. The lowest BCUT2D eigenvalue weighted by Gasteiger charge is -2.48. The highest BCUT2D eigenvalue weighted by molar-refractivity contribution is 9.11. The number of thiophene rings is 1. The normalized spacial score (nSPS) is 31.9. The molecule has 2 rings (SSSR count). The van der Waals surface area contributed by atoms with Crippen molar-refractivity contribution in [3.05, 3.63) is 20.8 Å². The molecule has 0 bridgehead atoms. The van der Waals surface area contributed by atoms with E-state index in [-0.39, 0.29) is 17.7 Å². The van der Waals surface area contributed by atoms with Crippen LogP contribution in [0.5, 0.6) is 0 Å². The van der Waals surface area contributed by atoms with E-state index in [1.54, 1.807) is 11.3 Å². The third-order valence-electron chi connectivity index (χ3n) is 4.03. The van der Waals surface area contributed by atoms with Crippen LogP contribution in [0.2, 0.25) is 0 Å². The Morgan fingerprint density at radius 2 is 2.11 bits per heavy atom. The maximum atomic E-state index is 6.12. The molecular weight excluding hydrogens is 324 g/mol. The highest BCUT2D eigenvalue weighted by Crippen LogP contribution is 2.34. The molecule has 0 aliphatic carbocycles. The summed E-state index contributed by atoms with van der Waals surface area (Å²) < 4.78 is 7.05. The van der Waals surface area contributed by atoms with Gasteiger partial charge in [0.25, 0.3) is 0 Å². The number of likely N-dealkylation sites (N-methyl/N-ethyl adjacent to an activating group) is 1. The van der Waals surface area contributed by atoms with E-state index < -0.39 is 0 Å². The van der Waals surface area contributed by atoms with Crippen molar-refractivity contribution in [3.8, 4) is 0 Å². The van der Waals surface area contributed by atoms with Gasteiger partial charge in [0, 0.05) is 18.6 Å². The number of rotatable bonds is 4. The van der Waals surface area contributed by atoms with Gasteiger partial charge in [-0.15, -0.1) is 11.3 Å². The summed E-state index contributed by atoms with van der Waals surface area (Å²) in [6, 6.07) is 2.19. The molecule has 2 heterocycles. The molecule has 1 aromatic heterocycles. The topological polar surface area (TPSA) is 38.5 Å². The van der Waals surface area contributed by atoms with Gasteiger partial charge in [-0.2, -0.15) is 0 Å². The van der Waals surface area contributed by atoms with Gasteiger partial charge >= 0.3 is 0 Å². The lowest BCUT2D eigenvalue weighted by Crippen LogP contribution is -2.58. The number of halogens is 1. The minimum atomic E-state index is 0.0610. The van der Waals surface area contributed by atoms with Gasteiger partial charge in [0.15, 0.2) is 0 Å². The lowest BCUT2D eigenvalue weighted by atomic mass is 9.82. The Kier molecular flexibility index (Phi) is 5.06. The number of ether oxygens (including phenoxy) is 1. The van der Waals surface area contributed by atoms with Crippen molar-refractivity contribution in [1.29, 1.82) is 0 Å². The molecule has 0 spiro atoms.